The molecule has 0 fully saturated rings. The van der Waals surface area contributed by atoms with E-state index in [0.29, 0.717) is 6.42 Å². The van der Waals surface area contributed by atoms with Crippen molar-refractivity contribution in [3.05, 3.63) is 0 Å². The summed E-state index contributed by atoms with van der Waals surface area (Å²) in [4.78, 5) is 73.1. The molecule has 0 saturated heterocycles. The summed E-state index contributed by atoms with van der Waals surface area (Å²) in [6.45, 7) is 5.81. The fourth-order valence-electron chi connectivity index (χ4n) is 4.13. The molecule has 13 nitrogen and oxygen atoms in total. The zero-order valence-corrected chi connectivity index (χ0v) is 24.2. The predicted octanol–water partition coefficient (Wildman–Crippen LogP) is 0.00480. The Balaban J connectivity index is 5.21. The average molecular weight is 571 g/mol. The third-order valence-electron chi connectivity index (χ3n) is 6.30. The normalized spacial score (nSPS) is 14.0. The molecule has 230 valence electrons. The van der Waals surface area contributed by atoms with Gasteiger partial charge in [0.15, 0.2) is 0 Å². The van der Waals surface area contributed by atoms with E-state index in [9.17, 15) is 33.9 Å². The molecule has 0 heterocycles. The summed E-state index contributed by atoms with van der Waals surface area (Å²) in [5.41, 5.74) is 15.8. The third kappa shape index (κ3) is 18.1. The van der Waals surface area contributed by atoms with Crippen LogP contribution in [-0.2, 0) is 28.8 Å². The molecule has 0 aliphatic heterocycles. The summed E-state index contributed by atoms with van der Waals surface area (Å²) in [5, 5.41) is 17.5. The fraction of sp³-hybridized carbons (Fsp3) is 0.778. The SMILES string of the molecule is CCCCCCCCCC(O)CC(=O)NC(CC(N)=O)C(=O)NC(CCC(N)=O)C(=O)NC(CC(C)C)C(N)=O. The maximum absolute atomic E-state index is 13.0. The summed E-state index contributed by atoms with van der Waals surface area (Å²) >= 11 is 0. The number of rotatable bonds is 23. The first-order chi connectivity index (χ1) is 18.8. The van der Waals surface area contributed by atoms with E-state index >= 15 is 0 Å². The van der Waals surface area contributed by atoms with Gasteiger partial charge in [0.05, 0.1) is 18.9 Å². The van der Waals surface area contributed by atoms with Crippen molar-refractivity contribution in [1.82, 2.24) is 16.0 Å². The van der Waals surface area contributed by atoms with Crippen LogP contribution in [0.3, 0.4) is 0 Å². The van der Waals surface area contributed by atoms with Gasteiger partial charge in [-0.1, -0.05) is 65.7 Å². The molecule has 0 spiro atoms. The second-order valence-corrected chi connectivity index (χ2v) is 10.7. The Bertz CT molecular complexity index is 836. The van der Waals surface area contributed by atoms with Crippen molar-refractivity contribution in [3.63, 3.8) is 0 Å². The summed E-state index contributed by atoms with van der Waals surface area (Å²) in [5.74, 6) is -4.71. The molecule has 13 heteroatoms. The first kappa shape index (κ1) is 36.8. The lowest BCUT2D eigenvalue weighted by molar-refractivity contribution is -0.135. The van der Waals surface area contributed by atoms with Crippen molar-refractivity contribution in [3.8, 4) is 0 Å². The number of carbonyl (C=O) groups is 6. The molecule has 0 aromatic carbocycles. The lowest BCUT2D eigenvalue weighted by atomic mass is 10.0. The van der Waals surface area contributed by atoms with E-state index in [4.69, 9.17) is 17.2 Å². The van der Waals surface area contributed by atoms with Gasteiger partial charge in [0, 0.05) is 6.42 Å². The topological polar surface area (TPSA) is 237 Å². The van der Waals surface area contributed by atoms with Gasteiger partial charge in [0.2, 0.25) is 35.4 Å². The zero-order chi connectivity index (χ0) is 30.7. The van der Waals surface area contributed by atoms with Crippen molar-refractivity contribution < 1.29 is 33.9 Å². The Labute approximate surface area is 237 Å². The molecule has 0 aliphatic rings. The Morgan fingerprint density at radius 1 is 0.675 bits per heavy atom. The van der Waals surface area contributed by atoms with Crippen LogP contribution in [0.25, 0.3) is 0 Å². The maximum Gasteiger partial charge on any atom is 0.243 e. The van der Waals surface area contributed by atoms with E-state index in [0.717, 1.165) is 32.1 Å². The van der Waals surface area contributed by atoms with E-state index in [-0.39, 0.29) is 31.6 Å². The summed E-state index contributed by atoms with van der Waals surface area (Å²) in [6.07, 6.45) is 5.87. The van der Waals surface area contributed by atoms with Crippen LogP contribution >= 0.6 is 0 Å². The maximum atomic E-state index is 13.0. The van der Waals surface area contributed by atoms with Gasteiger partial charge in [-0.15, -0.1) is 0 Å². The number of unbranched alkanes of at least 4 members (excludes halogenated alkanes) is 6. The van der Waals surface area contributed by atoms with Gasteiger partial charge < -0.3 is 38.3 Å². The minimum absolute atomic E-state index is 0.0211. The standard InChI is InChI=1S/C27H50N6O7/c1-4-5-6-7-8-9-10-11-18(34)15-24(37)31-21(16-23(29)36)27(40)32-19(12-13-22(28)35)26(39)33-20(25(30)38)14-17(2)3/h17-21,34H,4-16H2,1-3H3,(H2,28,35)(H2,29,36)(H2,30,38)(H,31,37)(H,32,40)(H,33,39). The Morgan fingerprint density at radius 3 is 1.75 bits per heavy atom. The molecule has 0 aliphatic carbocycles. The monoisotopic (exact) mass is 570 g/mol. The third-order valence-corrected chi connectivity index (χ3v) is 6.30. The molecule has 4 atom stereocenters. The van der Waals surface area contributed by atoms with Crippen LogP contribution in [0.2, 0.25) is 0 Å². The predicted molar refractivity (Wildman–Crippen MR) is 150 cm³/mol. The Hall–Kier alpha value is -3.22. The van der Waals surface area contributed by atoms with E-state index in [1.54, 1.807) is 0 Å². The molecule has 0 saturated carbocycles. The quantitative estimate of drug-likeness (QED) is 0.0829. The highest BCUT2D eigenvalue weighted by Gasteiger charge is 2.30. The number of carbonyl (C=O) groups excluding carboxylic acids is 6. The molecule has 40 heavy (non-hydrogen) atoms. The molecular weight excluding hydrogens is 520 g/mol. The molecule has 10 N–H and O–H groups in total. The number of nitrogens with two attached hydrogens (primary N) is 3. The van der Waals surface area contributed by atoms with Crippen molar-refractivity contribution in [2.75, 3.05) is 0 Å². The number of aliphatic hydroxyl groups excluding tert-OH is 1. The van der Waals surface area contributed by atoms with Gasteiger partial charge in [-0.2, -0.15) is 0 Å². The minimum atomic E-state index is -1.43. The second kappa shape index (κ2) is 20.7. The van der Waals surface area contributed by atoms with Crippen LogP contribution < -0.4 is 33.2 Å². The number of nitrogens with one attached hydrogen (secondary N) is 3. The van der Waals surface area contributed by atoms with E-state index in [1.807, 2.05) is 13.8 Å². The van der Waals surface area contributed by atoms with Crippen molar-refractivity contribution in [2.24, 2.45) is 23.1 Å². The minimum Gasteiger partial charge on any atom is -0.393 e. The summed E-state index contributed by atoms with van der Waals surface area (Å²) in [6, 6.07) is -3.76. The molecule has 6 amide bonds. The van der Waals surface area contributed by atoms with Crippen LogP contribution in [0.15, 0.2) is 0 Å². The smallest absolute Gasteiger partial charge is 0.243 e. The Kier molecular flexibility index (Phi) is 19.0. The van der Waals surface area contributed by atoms with E-state index in [2.05, 4.69) is 22.9 Å². The van der Waals surface area contributed by atoms with Gasteiger partial charge in [-0.3, -0.25) is 28.8 Å². The molecule has 4 unspecified atom stereocenters. The van der Waals surface area contributed by atoms with Crippen molar-refractivity contribution >= 4 is 35.4 Å². The van der Waals surface area contributed by atoms with Crippen LogP contribution in [0.4, 0.5) is 0 Å². The number of amides is 6. The number of primary amides is 3. The van der Waals surface area contributed by atoms with Crippen LogP contribution in [0.5, 0.6) is 0 Å². The highest BCUT2D eigenvalue weighted by molar-refractivity contribution is 5.96. The first-order valence-electron chi connectivity index (χ1n) is 14.2. The molecule has 0 rings (SSSR count). The van der Waals surface area contributed by atoms with Gasteiger partial charge in [0.25, 0.3) is 0 Å². The lowest BCUT2D eigenvalue weighted by Gasteiger charge is -2.25. The summed E-state index contributed by atoms with van der Waals surface area (Å²) < 4.78 is 0. The molecule has 0 aromatic heterocycles. The number of aliphatic hydroxyl groups is 1. The van der Waals surface area contributed by atoms with E-state index < -0.39 is 66.1 Å². The number of hydrogen-bond donors (Lipinski definition) is 7. The van der Waals surface area contributed by atoms with Crippen LogP contribution in [0, 0.1) is 5.92 Å². The first-order valence-corrected chi connectivity index (χ1v) is 14.2. The Morgan fingerprint density at radius 2 is 1.23 bits per heavy atom. The second-order valence-electron chi connectivity index (χ2n) is 10.7. The fourth-order valence-corrected chi connectivity index (χ4v) is 4.13. The molecule has 0 aromatic rings. The zero-order valence-electron chi connectivity index (χ0n) is 24.2. The summed E-state index contributed by atoms with van der Waals surface area (Å²) in [7, 11) is 0. The van der Waals surface area contributed by atoms with Crippen molar-refractivity contribution in [1.29, 1.82) is 0 Å². The van der Waals surface area contributed by atoms with Crippen LogP contribution in [0.1, 0.15) is 104 Å². The van der Waals surface area contributed by atoms with Gasteiger partial charge >= 0.3 is 0 Å². The molecular formula is C27H50N6O7. The lowest BCUT2D eigenvalue weighted by Crippen LogP contribution is -2.57. The van der Waals surface area contributed by atoms with Gasteiger partial charge in [0.1, 0.15) is 18.1 Å². The van der Waals surface area contributed by atoms with Crippen LogP contribution in [-0.4, -0.2) is 64.8 Å². The van der Waals surface area contributed by atoms with Crippen molar-refractivity contribution in [2.45, 2.75) is 128 Å². The van der Waals surface area contributed by atoms with Gasteiger partial charge in [-0.05, 0) is 25.2 Å². The molecule has 0 bridgehead atoms. The number of hydrogen-bond acceptors (Lipinski definition) is 7. The highest BCUT2D eigenvalue weighted by Crippen LogP contribution is 2.12. The largest absolute Gasteiger partial charge is 0.393 e. The average Bonchev–Trinajstić information content (AvgIpc) is 2.84. The van der Waals surface area contributed by atoms with Gasteiger partial charge in [-0.25, -0.2) is 0 Å². The van der Waals surface area contributed by atoms with E-state index in [1.165, 1.54) is 12.8 Å². The molecule has 0 radical (unpaired) electrons. The highest BCUT2D eigenvalue weighted by atomic mass is 16.3.